The van der Waals surface area contributed by atoms with E-state index in [0.29, 0.717) is 32.1 Å². The van der Waals surface area contributed by atoms with E-state index < -0.39 is 6.03 Å². The number of urea groups is 1. The molecule has 31 heavy (non-hydrogen) atoms. The van der Waals surface area contributed by atoms with Crippen LogP contribution in [0.4, 0.5) is 10.5 Å². The average Bonchev–Trinajstić information content (AvgIpc) is 2.75. The van der Waals surface area contributed by atoms with Crippen molar-refractivity contribution >= 4 is 45.5 Å². The number of carbonyl (C=O) groups excluding carboxylic acids is 1. The quantitative estimate of drug-likeness (QED) is 0.323. The molecule has 0 saturated heterocycles. The van der Waals surface area contributed by atoms with Crippen molar-refractivity contribution in [3.05, 3.63) is 92.4 Å². The first-order valence-electron chi connectivity index (χ1n) is 9.23. The SMILES string of the molecule is Cc1ccccc1NC(=O)NN=Cc1cc(Cl)c(OCc2ccccc2C#N)c(Br)c1. The van der Waals surface area contributed by atoms with Crippen molar-refractivity contribution < 1.29 is 9.53 Å². The topological polar surface area (TPSA) is 86.5 Å². The van der Waals surface area contributed by atoms with Crippen molar-refractivity contribution in [1.82, 2.24) is 5.43 Å². The second-order valence-corrected chi connectivity index (χ2v) is 7.77. The first-order valence-corrected chi connectivity index (χ1v) is 10.4. The molecule has 3 rings (SSSR count). The number of halogens is 2. The van der Waals surface area contributed by atoms with E-state index >= 15 is 0 Å². The van der Waals surface area contributed by atoms with E-state index in [1.807, 2.05) is 43.3 Å². The molecule has 0 saturated carbocycles. The fraction of sp³-hybridized carbons (Fsp3) is 0.0870. The lowest BCUT2D eigenvalue weighted by Crippen LogP contribution is -2.24. The van der Waals surface area contributed by atoms with E-state index in [4.69, 9.17) is 16.3 Å². The zero-order chi connectivity index (χ0) is 22.2. The molecule has 2 N–H and O–H groups in total. The number of aryl methyl sites for hydroxylation is 1. The minimum atomic E-state index is -0.452. The van der Waals surface area contributed by atoms with Gasteiger partial charge in [0.15, 0.2) is 5.75 Å². The van der Waals surface area contributed by atoms with Gasteiger partial charge >= 0.3 is 6.03 Å². The minimum Gasteiger partial charge on any atom is -0.486 e. The molecular weight excluding hydrogens is 480 g/mol. The minimum absolute atomic E-state index is 0.204. The molecule has 0 aromatic heterocycles. The number of carbonyl (C=O) groups is 1. The maximum absolute atomic E-state index is 12.0. The number of hydrogen-bond acceptors (Lipinski definition) is 4. The molecule has 0 heterocycles. The third kappa shape index (κ3) is 6.07. The van der Waals surface area contributed by atoms with E-state index in [9.17, 15) is 10.1 Å². The average molecular weight is 498 g/mol. The highest BCUT2D eigenvalue weighted by Gasteiger charge is 2.11. The second kappa shape index (κ2) is 10.6. The number of benzene rings is 3. The fourth-order valence-electron chi connectivity index (χ4n) is 2.73. The Morgan fingerprint density at radius 3 is 2.71 bits per heavy atom. The maximum Gasteiger partial charge on any atom is 0.339 e. The first-order chi connectivity index (χ1) is 15.0. The fourth-order valence-corrected chi connectivity index (χ4v) is 3.71. The highest BCUT2D eigenvalue weighted by Crippen LogP contribution is 2.34. The highest BCUT2D eigenvalue weighted by molar-refractivity contribution is 9.10. The molecule has 0 unspecified atom stereocenters. The number of hydrazone groups is 1. The zero-order valence-corrected chi connectivity index (χ0v) is 18.9. The predicted molar refractivity (Wildman–Crippen MR) is 126 cm³/mol. The molecule has 0 spiro atoms. The molecule has 6 nitrogen and oxygen atoms in total. The molecule has 156 valence electrons. The van der Waals surface area contributed by atoms with Gasteiger partial charge in [-0.3, -0.25) is 0 Å². The maximum atomic E-state index is 12.0. The Kier molecular flexibility index (Phi) is 7.65. The molecule has 0 aliphatic heterocycles. The number of ether oxygens (including phenoxy) is 1. The first kappa shape index (κ1) is 22.3. The molecule has 0 aliphatic carbocycles. The molecule has 0 fully saturated rings. The van der Waals surface area contributed by atoms with Crippen molar-refractivity contribution in [1.29, 1.82) is 5.26 Å². The lowest BCUT2D eigenvalue weighted by Gasteiger charge is -2.12. The van der Waals surface area contributed by atoms with Crippen molar-refractivity contribution in [2.75, 3.05) is 5.32 Å². The molecule has 0 radical (unpaired) electrons. The van der Waals surface area contributed by atoms with E-state index in [1.165, 1.54) is 6.21 Å². The summed E-state index contributed by atoms with van der Waals surface area (Å²) in [5.74, 6) is 0.455. The number of amides is 2. The number of rotatable bonds is 6. The van der Waals surface area contributed by atoms with Crippen molar-refractivity contribution in [2.45, 2.75) is 13.5 Å². The van der Waals surface area contributed by atoms with E-state index in [2.05, 4.69) is 37.8 Å². The number of para-hydroxylation sites is 1. The van der Waals surface area contributed by atoms with Crippen LogP contribution < -0.4 is 15.5 Å². The zero-order valence-electron chi connectivity index (χ0n) is 16.5. The van der Waals surface area contributed by atoms with Crippen molar-refractivity contribution in [3.8, 4) is 11.8 Å². The molecular formula is C23H18BrClN4O2. The monoisotopic (exact) mass is 496 g/mol. The van der Waals surface area contributed by atoms with Gasteiger partial charge in [0.25, 0.3) is 0 Å². The Morgan fingerprint density at radius 2 is 1.97 bits per heavy atom. The highest BCUT2D eigenvalue weighted by atomic mass is 79.9. The van der Waals surface area contributed by atoms with Gasteiger partial charge in [-0.2, -0.15) is 10.4 Å². The van der Waals surface area contributed by atoms with Gasteiger partial charge in [-0.15, -0.1) is 0 Å². The molecule has 3 aromatic carbocycles. The van der Waals surface area contributed by atoms with Gasteiger partial charge in [-0.25, -0.2) is 10.2 Å². The van der Waals surface area contributed by atoms with E-state index in [-0.39, 0.29) is 6.61 Å². The number of anilines is 1. The molecule has 3 aromatic rings. The summed E-state index contributed by atoms with van der Waals surface area (Å²) >= 11 is 9.80. The summed E-state index contributed by atoms with van der Waals surface area (Å²) in [6, 6.07) is 19.8. The summed E-state index contributed by atoms with van der Waals surface area (Å²) in [4.78, 5) is 12.0. The third-order valence-electron chi connectivity index (χ3n) is 4.30. The third-order valence-corrected chi connectivity index (χ3v) is 5.17. The van der Waals surface area contributed by atoms with Gasteiger partial charge < -0.3 is 10.1 Å². The van der Waals surface area contributed by atoms with Gasteiger partial charge in [0.1, 0.15) is 6.61 Å². The van der Waals surface area contributed by atoms with Crippen LogP contribution in [0.5, 0.6) is 5.75 Å². The number of hydrogen-bond donors (Lipinski definition) is 2. The number of nitrogens with zero attached hydrogens (tertiary/aromatic N) is 2. The van der Waals surface area contributed by atoms with Gasteiger partial charge in [-0.05, 0) is 58.2 Å². The van der Waals surface area contributed by atoms with Crippen LogP contribution in [0.1, 0.15) is 22.3 Å². The largest absolute Gasteiger partial charge is 0.486 e. The van der Waals surface area contributed by atoms with Crippen LogP contribution in [0, 0.1) is 18.3 Å². The van der Waals surface area contributed by atoms with Gasteiger partial charge in [-0.1, -0.05) is 48.0 Å². The Hall–Kier alpha value is -3.34. The number of nitrogens with one attached hydrogen (secondary N) is 2. The van der Waals surface area contributed by atoms with Crippen LogP contribution in [0.3, 0.4) is 0 Å². The summed E-state index contributed by atoms with van der Waals surface area (Å²) in [6.07, 6.45) is 1.48. The molecule has 0 bridgehead atoms. The molecule has 0 atom stereocenters. The molecule has 2 amide bonds. The van der Waals surface area contributed by atoms with Gasteiger partial charge in [0.05, 0.1) is 27.3 Å². The van der Waals surface area contributed by atoms with Crippen LogP contribution in [0.2, 0.25) is 5.02 Å². The Bertz CT molecular complexity index is 1150. The Labute approximate surface area is 193 Å². The van der Waals surface area contributed by atoms with Crippen molar-refractivity contribution in [3.63, 3.8) is 0 Å². The van der Waals surface area contributed by atoms with Crippen LogP contribution in [-0.4, -0.2) is 12.2 Å². The summed E-state index contributed by atoms with van der Waals surface area (Å²) in [6.45, 7) is 2.11. The van der Waals surface area contributed by atoms with E-state index in [0.717, 1.165) is 11.1 Å². The second-order valence-electron chi connectivity index (χ2n) is 6.51. The molecule has 0 aliphatic rings. The predicted octanol–water partition coefficient (Wildman–Crippen LogP) is 6.02. The Morgan fingerprint density at radius 1 is 1.23 bits per heavy atom. The van der Waals surface area contributed by atoms with Crippen LogP contribution in [0.25, 0.3) is 0 Å². The van der Waals surface area contributed by atoms with Crippen LogP contribution in [0.15, 0.2) is 70.2 Å². The van der Waals surface area contributed by atoms with E-state index in [1.54, 1.807) is 24.3 Å². The van der Waals surface area contributed by atoms with Crippen molar-refractivity contribution in [2.24, 2.45) is 5.10 Å². The lowest BCUT2D eigenvalue weighted by atomic mass is 10.1. The number of nitriles is 1. The summed E-state index contributed by atoms with van der Waals surface area (Å²) < 4.78 is 6.44. The van der Waals surface area contributed by atoms with Crippen LogP contribution in [-0.2, 0) is 6.61 Å². The smallest absolute Gasteiger partial charge is 0.339 e. The summed E-state index contributed by atoms with van der Waals surface area (Å²) in [5, 5.41) is 16.2. The Balaban J connectivity index is 1.62. The standard InChI is InChI=1S/C23H18BrClN4O2/c1-15-6-2-5-9-21(15)28-23(30)29-27-13-16-10-19(24)22(20(25)11-16)31-14-18-8-4-3-7-17(18)12-26/h2-11,13H,14H2,1H3,(H2,28,29,30). The lowest BCUT2D eigenvalue weighted by molar-refractivity contribution is 0.252. The van der Waals surface area contributed by atoms with Gasteiger partial charge in [0.2, 0.25) is 0 Å². The summed E-state index contributed by atoms with van der Waals surface area (Å²) in [7, 11) is 0. The van der Waals surface area contributed by atoms with Crippen LogP contribution >= 0.6 is 27.5 Å². The van der Waals surface area contributed by atoms with Gasteiger partial charge in [0, 0.05) is 11.3 Å². The molecule has 8 heteroatoms. The normalized spacial score (nSPS) is 10.5. The summed E-state index contributed by atoms with van der Waals surface area (Å²) in [5.41, 5.74) is 6.06.